The van der Waals surface area contributed by atoms with E-state index in [1.54, 1.807) is 0 Å². The molecule has 0 bridgehead atoms. The number of ether oxygens (including phenoxy) is 3. The Bertz CT molecular complexity index is 1100. The molecule has 0 aliphatic heterocycles. The van der Waals surface area contributed by atoms with Crippen LogP contribution in [0.25, 0.3) is 0 Å². The van der Waals surface area contributed by atoms with Gasteiger partial charge in [0.15, 0.2) is 6.10 Å². The molecule has 0 heterocycles. The number of hydrogen-bond donors (Lipinski definition) is 0. The van der Waals surface area contributed by atoms with E-state index in [0.717, 1.165) is 77.0 Å². The molecular formula is C51H86O6. The summed E-state index contributed by atoms with van der Waals surface area (Å²) in [4.78, 5) is 37.8. The minimum absolute atomic E-state index is 0.0929. The lowest BCUT2D eigenvalue weighted by atomic mass is 10.0. The summed E-state index contributed by atoms with van der Waals surface area (Å²) >= 11 is 0. The molecule has 0 saturated heterocycles. The number of unbranched alkanes of at least 4 members (excludes halogenated alkanes) is 22. The van der Waals surface area contributed by atoms with Crippen molar-refractivity contribution in [1.29, 1.82) is 0 Å². The molecule has 1 atom stereocenters. The van der Waals surface area contributed by atoms with Gasteiger partial charge in [-0.05, 0) is 57.8 Å². The van der Waals surface area contributed by atoms with Crippen molar-refractivity contribution in [2.75, 3.05) is 13.2 Å². The van der Waals surface area contributed by atoms with Gasteiger partial charge in [-0.15, -0.1) is 0 Å². The fraction of sp³-hybridized carbons (Fsp3) is 0.706. The lowest BCUT2D eigenvalue weighted by Gasteiger charge is -2.18. The van der Waals surface area contributed by atoms with Crippen LogP contribution >= 0.6 is 0 Å². The predicted molar refractivity (Wildman–Crippen MR) is 242 cm³/mol. The minimum atomic E-state index is -0.792. The third-order valence-corrected chi connectivity index (χ3v) is 9.82. The Hall–Kier alpha value is -3.15. The summed E-state index contributed by atoms with van der Waals surface area (Å²) in [5, 5.41) is 0. The summed E-state index contributed by atoms with van der Waals surface area (Å²) in [6.07, 6.45) is 55.9. The molecule has 0 aromatic heterocycles. The first-order valence-corrected chi connectivity index (χ1v) is 23.5. The Morgan fingerprint density at radius 3 is 1.19 bits per heavy atom. The van der Waals surface area contributed by atoms with E-state index in [9.17, 15) is 14.4 Å². The topological polar surface area (TPSA) is 78.9 Å². The molecule has 0 aliphatic carbocycles. The van der Waals surface area contributed by atoms with Crippen LogP contribution in [0, 0.1) is 0 Å². The van der Waals surface area contributed by atoms with E-state index in [2.05, 4.69) is 45.1 Å². The van der Waals surface area contributed by atoms with Gasteiger partial charge in [-0.25, -0.2) is 0 Å². The van der Waals surface area contributed by atoms with Gasteiger partial charge in [-0.3, -0.25) is 14.4 Å². The number of allylic oxidation sites excluding steroid dienone is 12. The van der Waals surface area contributed by atoms with Gasteiger partial charge in [0.2, 0.25) is 0 Å². The van der Waals surface area contributed by atoms with Gasteiger partial charge in [0.1, 0.15) is 13.2 Å². The van der Waals surface area contributed by atoms with Crippen LogP contribution in [0.1, 0.15) is 213 Å². The van der Waals surface area contributed by atoms with Gasteiger partial charge < -0.3 is 14.2 Å². The first-order valence-electron chi connectivity index (χ1n) is 23.5. The van der Waals surface area contributed by atoms with E-state index >= 15 is 0 Å². The van der Waals surface area contributed by atoms with Crippen molar-refractivity contribution in [3.05, 3.63) is 72.9 Å². The van der Waals surface area contributed by atoms with Crippen LogP contribution in [-0.2, 0) is 28.6 Å². The minimum Gasteiger partial charge on any atom is -0.462 e. The lowest BCUT2D eigenvalue weighted by molar-refractivity contribution is -0.167. The number of carbonyl (C=O) groups is 3. The zero-order valence-corrected chi connectivity index (χ0v) is 37.1. The van der Waals surface area contributed by atoms with Gasteiger partial charge in [0.05, 0.1) is 0 Å². The highest BCUT2D eigenvalue weighted by Gasteiger charge is 2.19. The van der Waals surface area contributed by atoms with Gasteiger partial charge in [-0.1, -0.05) is 209 Å². The highest BCUT2D eigenvalue weighted by molar-refractivity contribution is 5.71. The predicted octanol–water partition coefficient (Wildman–Crippen LogP) is 15.1. The highest BCUT2D eigenvalue weighted by atomic mass is 16.6. The molecule has 0 N–H and O–H groups in total. The average Bonchev–Trinajstić information content (AvgIpc) is 3.21. The molecule has 0 aliphatic rings. The summed E-state index contributed by atoms with van der Waals surface area (Å²) in [5.74, 6) is -0.947. The van der Waals surface area contributed by atoms with E-state index in [1.807, 2.05) is 48.6 Å². The quantitative estimate of drug-likeness (QED) is 0.0202. The summed E-state index contributed by atoms with van der Waals surface area (Å²) in [5.41, 5.74) is 0. The zero-order chi connectivity index (χ0) is 41.5. The first-order chi connectivity index (χ1) is 28.0. The Morgan fingerprint density at radius 2 is 0.719 bits per heavy atom. The van der Waals surface area contributed by atoms with Crippen LogP contribution in [0.15, 0.2) is 72.9 Å². The summed E-state index contributed by atoms with van der Waals surface area (Å²) in [6, 6.07) is 0. The third kappa shape index (κ3) is 43.8. The molecule has 0 spiro atoms. The molecule has 1 unspecified atom stereocenters. The van der Waals surface area contributed by atoms with Crippen LogP contribution in [0.2, 0.25) is 0 Å². The molecule has 6 heteroatoms. The smallest absolute Gasteiger partial charge is 0.306 e. The molecule has 326 valence electrons. The normalized spacial score (nSPS) is 12.7. The average molecular weight is 795 g/mol. The van der Waals surface area contributed by atoms with Crippen LogP contribution in [-0.4, -0.2) is 37.2 Å². The van der Waals surface area contributed by atoms with Crippen molar-refractivity contribution >= 4 is 17.9 Å². The van der Waals surface area contributed by atoms with Crippen molar-refractivity contribution in [1.82, 2.24) is 0 Å². The number of esters is 3. The van der Waals surface area contributed by atoms with Crippen LogP contribution in [0.3, 0.4) is 0 Å². The maximum absolute atomic E-state index is 12.7. The van der Waals surface area contributed by atoms with E-state index < -0.39 is 6.10 Å². The second kappa shape index (κ2) is 45.6. The molecule has 6 nitrogen and oxygen atoms in total. The lowest BCUT2D eigenvalue weighted by Crippen LogP contribution is -2.30. The SMILES string of the molecule is CC\C=C/C=C\C=C/C=C\C=C/CCCCCC(=O)OCC(COC(=O)CCCCCCC/C=C\CCCC)OC(=O)CCCCCCCCCCCCCCC. The van der Waals surface area contributed by atoms with Gasteiger partial charge in [0, 0.05) is 19.3 Å². The van der Waals surface area contributed by atoms with Crippen LogP contribution < -0.4 is 0 Å². The number of rotatable bonds is 41. The van der Waals surface area contributed by atoms with E-state index in [0.29, 0.717) is 19.3 Å². The molecule has 0 fully saturated rings. The number of hydrogen-bond acceptors (Lipinski definition) is 6. The maximum atomic E-state index is 12.7. The summed E-state index contributed by atoms with van der Waals surface area (Å²) in [7, 11) is 0. The van der Waals surface area contributed by atoms with E-state index in [-0.39, 0.29) is 31.1 Å². The number of carbonyl (C=O) groups excluding carboxylic acids is 3. The van der Waals surface area contributed by atoms with Gasteiger partial charge >= 0.3 is 17.9 Å². The zero-order valence-electron chi connectivity index (χ0n) is 37.1. The van der Waals surface area contributed by atoms with Crippen LogP contribution in [0.5, 0.6) is 0 Å². The molecule has 0 rings (SSSR count). The van der Waals surface area contributed by atoms with Crippen molar-refractivity contribution in [2.24, 2.45) is 0 Å². The van der Waals surface area contributed by atoms with Gasteiger partial charge in [-0.2, -0.15) is 0 Å². The largest absolute Gasteiger partial charge is 0.462 e. The molecular weight excluding hydrogens is 709 g/mol. The molecule has 0 aromatic rings. The molecule has 0 amide bonds. The molecule has 0 aromatic carbocycles. The summed E-state index contributed by atoms with van der Waals surface area (Å²) in [6.45, 7) is 6.40. The highest BCUT2D eigenvalue weighted by Crippen LogP contribution is 2.14. The van der Waals surface area contributed by atoms with Crippen molar-refractivity contribution in [3.63, 3.8) is 0 Å². The summed E-state index contributed by atoms with van der Waals surface area (Å²) < 4.78 is 16.7. The third-order valence-electron chi connectivity index (χ3n) is 9.82. The van der Waals surface area contributed by atoms with E-state index in [1.165, 1.54) is 96.3 Å². The Labute approximate surface area is 351 Å². The van der Waals surface area contributed by atoms with Gasteiger partial charge in [0.25, 0.3) is 0 Å². The van der Waals surface area contributed by atoms with Crippen LogP contribution in [0.4, 0.5) is 0 Å². The Kier molecular flexibility index (Phi) is 43.0. The Balaban J connectivity index is 4.47. The Morgan fingerprint density at radius 1 is 0.368 bits per heavy atom. The van der Waals surface area contributed by atoms with Crippen molar-refractivity contribution in [2.45, 2.75) is 219 Å². The van der Waals surface area contributed by atoms with Crippen molar-refractivity contribution in [3.8, 4) is 0 Å². The molecule has 0 radical (unpaired) electrons. The fourth-order valence-corrected chi connectivity index (χ4v) is 6.27. The first kappa shape index (κ1) is 53.9. The van der Waals surface area contributed by atoms with E-state index in [4.69, 9.17) is 14.2 Å². The molecule has 57 heavy (non-hydrogen) atoms. The second-order valence-electron chi connectivity index (χ2n) is 15.4. The maximum Gasteiger partial charge on any atom is 0.306 e. The molecule has 0 saturated carbocycles. The monoisotopic (exact) mass is 795 g/mol. The van der Waals surface area contributed by atoms with Crippen molar-refractivity contribution < 1.29 is 28.6 Å². The fourth-order valence-electron chi connectivity index (χ4n) is 6.27. The standard InChI is InChI=1S/C51H86O6/c1-4-7-10-13-16-19-22-24-25-27-29-32-35-38-41-44-50(53)56-47-48(46-55-49(52)43-40-37-34-31-28-21-18-15-12-9-6-3)57-51(54)45-42-39-36-33-30-26-23-20-17-14-11-8-5-2/h7,10,13,15-16,18-19,22,24-25,27,29,48H,4-6,8-9,11-12,14,17,20-21,23,26,28,30-47H2,1-3H3/b10-7-,16-13-,18-15-,22-19-,25-24-,29-27-. The second-order valence-corrected chi connectivity index (χ2v) is 15.4.